The van der Waals surface area contributed by atoms with Gasteiger partial charge in [-0.15, -0.1) is 0 Å². The third-order valence-corrected chi connectivity index (χ3v) is 3.25. The van der Waals surface area contributed by atoms with Crippen LogP contribution in [0.5, 0.6) is 0 Å². The molecule has 0 spiro atoms. The van der Waals surface area contributed by atoms with Crippen molar-refractivity contribution in [2.45, 2.75) is 19.4 Å². The molecule has 1 saturated heterocycles. The summed E-state index contributed by atoms with van der Waals surface area (Å²) in [5.41, 5.74) is 0. The average Bonchev–Trinajstić information content (AvgIpc) is 2.87. The molecule has 16 heavy (non-hydrogen) atoms. The van der Waals surface area contributed by atoms with Crippen LogP contribution in [0.2, 0.25) is 0 Å². The van der Waals surface area contributed by atoms with Gasteiger partial charge in [0.2, 0.25) is 0 Å². The first-order chi connectivity index (χ1) is 7.66. The molecule has 1 fully saturated rings. The van der Waals surface area contributed by atoms with Crippen LogP contribution in [-0.4, -0.2) is 25.2 Å². The SMILES string of the molecule is CC(NC(=O)c1ccc(Br)o1)C1CCOC1. The largest absolute Gasteiger partial charge is 0.444 e. The van der Waals surface area contributed by atoms with Crippen LogP contribution in [0.3, 0.4) is 0 Å². The quantitative estimate of drug-likeness (QED) is 0.927. The summed E-state index contributed by atoms with van der Waals surface area (Å²) >= 11 is 3.17. The summed E-state index contributed by atoms with van der Waals surface area (Å²) in [7, 11) is 0. The summed E-state index contributed by atoms with van der Waals surface area (Å²) in [6.45, 7) is 3.51. The first kappa shape index (κ1) is 11.7. The number of amides is 1. The maximum Gasteiger partial charge on any atom is 0.287 e. The van der Waals surface area contributed by atoms with Gasteiger partial charge in [-0.1, -0.05) is 0 Å². The fourth-order valence-electron chi connectivity index (χ4n) is 1.78. The van der Waals surface area contributed by atoms with Crippen LogP contribution in [-0.2, 0) is 4.74 Å². The number of nitrogens with one attached hydrogen (secondary N) is 1. The Kier molecular flexibility index (Phi) is 3.66. The lowest BCUT2D eigenvalue weighted by molar-refractivity contribution is 0.0893. The molecule has 2 atom stereocenters. The van der Waals surface area contributed by atoms with E-state index in [1.54, 1.807) is 12.1 Å². The third kappa shape index (κ3) is 2.65. The molecular weight excluding hydrogens is 274 g/mol. The summed E-state index contributed by atoms with van der Waals surface area (Å²) in [6.07, 6.45) is 1.00. The lowest BCUT2D eigenvalue weighted by Crippen LogP contribution is -2.38. The highest BCUT2D eigenvalue weighted by atomic mass is 79.9. The van der Waals surface area contributed by atoms with Crippen LogP contribution in [0.4, 0.5) is 0 Å². The molecule has 1 aliphatic rings. The molecule has 4 nitrogen and oxygen atoms in total. The number of rotatable bonds is 3. The lowest BCUT2D eigenvalue weighted by atomic mass is 10.0. The minimum Gasteiger partial charge on any atom is -0.444 e. The predicted molar refractivity (Wildman–Crippen MR) is 62.3 cm³/mol. The van der Waals surface area contributed by atoms with Crippen molar-refractivity contribution in [3.05, 3.63) is 22.6 Å². The molecule has 1 aromatic rings. The topological polar surface area (TPSA) is 51.5 Å². The van der Waals surface area contributed by atoms with E-state index >= 15 is 0 Å². The number of hydrogen-bond acceptors (Lipinski definition) is 3. The van der Waals surface area contributed by atoms with Crippen molar-refractivity contribution in [2.75, 3.05) is 13.2 Å². The van der Waals surface area contributed by atoms with Crippen molar-refractivity contribution in [1.29, 1.82) is 0 Å². The van der Waals surface area contributed by atoms with E-state index in [-0.39, 0.29) is 11.9 Å². The zero-order chi connectivity index (χ0) is 11.5. The molecule has 1 N–H and O–H groups in total. The Bertz CT molecular complexity index is 371. The normalized spacial score (nSPS) is 22.0. The minimum absolute atomic E-state index is 0.110. The molecule has 2 heterocycles. The molecule has 88 valence electrons. The van der Waals surface area contributed by atoms with Gasteiger partial charge in [0.25, 0.3) is 5.91 Å². The number of carbonyl (C=O) groups is 1. The van der Waals surface area contributed by atoms with E-state index < -0.39 is 0 Å². The van der Waals surface area contributed by atoms with Crippen molar-refractivity contribution in [2.24, 2.45) is 5.92 Å². The second kappa shape index (κ2) is 5.01. The maximum atomic E-state index is 11.8. The van der Waals surface area contributed by atoms with E-state index in [2.05, 4.69) is 21.2 Å². The van der Waals surface area contributed by atoms with Crippen LogP contribution in [0.1, 0.15) is 23.9 Å². The Morgan fingerprint density at radius 2 is 2.44 bits per heavy atom. The number of carbonyl (C=O) groups excluding carboxylic acids is 1. The van der Waals surface area contributed by atoms with E-state index in [0.29, 0.717) is 16.3 Å². The number of halogens is 1. The Balaban J connectivity index is 1.91. The van der Waals surface area contributed by atoms with Gasteiger partial charge in [-0.05, 0) is 41.4 Å². The van der Waals surface area contributed by atoms with Gasteiger partial charge >= 0.3 is 0 Å². The fourth-order valence-corrected chi connectivity index (χ4v) is 2.09. The lowest BCUT2D eigenvalue weighted by Gasteiger charge is -2.18. The highest BCUT2D eigenvalue weighted by molar-refractivity contribution is 9.10. The van der Waals surface area contributed by atoms with Crippen molar-refractivity contribution in [3.63, 3.8) is 0 Å². The van der Waals surface area contributed by atoms with Gasteiger partial charge in [-0.2, -0.15) is 0 Å². The van der Waals surface area contributed by atoms with E-state index in [4.69, 9.17) is 9.15 Å². The Labute approximate surface area is 102 Å². The first-order valence-corrected chi connectivity index (χ1v) is 6.10. The average molecular weight is 288 g/mol. The summed E-state index contributed by atoms with van der Waals surface area (Å²) in [5, 5.41) is 2.92. The van der Waals surface area contributed by atoms with Gasteiger partial charge in [-0.25, -0.2) is 0 Å². The molecule has 0 radical (unpaired) electrons. The molecule has 0 aromatic carbocycles. The van der Waals surface area contributed by atoms with Gasteiger partial charge in [0.05, 0.1) is 6.61 Å². The van der Waals surface area contributed by atoms with Crippen LogP contribution in [0, 0.1) is 5.92 Å². The van der Waals surface area contributed by atoms with Gasteiger partial charge in [-0.3, -0.25) is 4.79 Å². The van der Waals surface area contributed by atoms with E-state index in [9.17, 15) is 4.79 Å². The monoisotopic (exact) mass is 287 g/mol. The highest BCUT2D eigenvalue weighted by Crippen LogP contribution is 2.18. The first-order valence-electron chi connectivity index (χ1n) is 5.31. The molecule has 2 rings (SSSR count). The van der Waals surface area contributed by atoms with Gasteiger partial charge in [0.1, 0.15) is 0 Å². The summed E-state index contributed by atoms with van der Waals surface area (Å²) < 4.78 is 11.0. The van der Waals surface area contributed by atoms with E-state index in [1.165, 1.54) is 0 Å². The van der Waals surface area contributed by atoms with Crippen molar-refractivity contribution >= 4 is 21.8 Å². The zero-order valence-corrected chi connectivity index (χ0v) is 10.6. The fraction of sp³-hybridized carbons (Fsp3) is 0.545. The van der Waals surface area contributed by atoms with E-state index in [0.717, 1.165) is 19.6 Å². The Morgan fingerprint density at radius 1 is 1.62 bits per heavy atom. The number of hydrogen-bond donors (Lipinski definition) is 1. The molecule has 0 aliphatic carbocycles. The van der Waals surface area contributed by atoms with Crippen LogP contribution < -0.4 is 5.32 Å². The van der Waals surface area contributed by atoms with Crippen molar-refractivity contribution in [1.82, 2.24) is 5.32 Å². The number of ether oxygens (including phenoxy) is 1. The molecular formula is C11H14BrNO3. The highest BCUT2D eigenvalue weighted by Gasteiger charge is 2.24. The molecule has 5 heteroatoms. The van der Waals surface area contributed by atoms with Gasteiger partial charge in [0.15, 0.2) is 10.4 Å². The van der Waals surface area contributed by atoms with Gasteiger partial charge in [0, 0.05) is 18.6 Å². The maximum absolute atomic E-state index is 11.8. The Morgan fingerprint density at radius 3 is 3.00 bits per heavy atom. The van der Waals surface area contributed by atoms with Crippen molar-refractivity contribution < 1.29 is 13.9 Å². The van der Waals surface area contributed by atoms with Crippen molar-refractivity contribution in [3.8, 4) is 0 Å². The number of furan rings is 1. The molecule has 1 aliphatic heterocycles. The molecule has 0 saturated carbocycles. The van der Waals surface area contributed by atoms with E-state index in [1.807, 2.05) is 6.92 Å². The molecule has 2 unspecified atom stereocenters. The second-order valence-corrected chi connectivity index (χ2v) is 4.77. The van der Waals surface area contributed by atoms with Crippen LogP contribution in [0.15, 0.2) is 21.2 Å². The zero-order valence-electron chi connectivity index (χ0n) is 9.03. The molecule has 1 amide bonds. The summed E-state index contributed by atoms with van der Waals surface area (Å²) in [6, 6.07) is 3.47. The van der Waals surface area contributed by atoms with Gasteiger partial charge < -0.3 is 14.5 Å². The molecule has 0 bridgehead atoms. The summed E-state index contributed by atoms with van der Waals surface area (Å²) in [4.78, 5) is 11.8. The summed E-state index contributed by atoms with van der Waals surface area (Å²) in [5.74, 6) is 0.560. The minimum atomic E-state index is -0.176. The molecule has 1 aromatic heterocycles. The second-order valence-electron chi connectivity index (χ2n) is 3.99. The Hall–Kier alpha value is -0.810. The standard InChI is InChI=1S/C11H14BrNO3/c1-7(8-4-5-15-6-8)13-11(14)9-2-3-10(12)16-9/h2-3,7-8H,4-6H2,1H3,(H,13,14). The van der Waals surface area contributed by atoms with Crippen LogP contribution >= 0.6 is 15.9 Å². The van der Waals surface area contributed by atoms with Crippen LogP contribution in [0.25, 0.3) is 0 Å². The third-order valence-electron chi connectivity index (χ3n) is 2.83. The predicted octanol–water partition coefficient (Wildman–Crippen LogP) is 2.20. The smallest absolute Gasteiger partial charge is 0.287 e.